The van der Waals surface area contributed by atoms with Gasteiger partial charge in [0.15, 0.2) is 0 Å². The monoisotopic (exact) mass is 276 g/mol. The van der Waals surface area contributed by atoms with E-state index in [2.05, 4.69) is 54.9 Å². The molecule has 0 radical (unpaired) electrons. The van der Waals surface area contributed by atoms with Crippen molar-refractivity contribution in [2.75, 3.05) is 0 Å². The first-order chi connectivity index (χ1) is 5.27. The highest BCUT2D eigenvalue weighted by Gasteiger charge is 2.21. The third kappa shape index (κ3) is 1.30. The van der Waals surface area contributed by atoms with Gasteiger partial charge in [0, 0.05) is 10.1 Å². The third-order valence-corrected chi connectivity index (χ3v) is 2.82. The Morgan fingerprint density at radius 3 is 3.00 bits per heavy atom. The summed E-state index contributed by atoms with van der Waals surface area (Å²) in [6.45, 7) is 0. The number of hydrogen-bond acceptors (Lipinski definition) is 2. The van der Waals surface area contributed by atoms with Gasteiger partial charge in [0.2, 0.25) is 0 Å². The normalized spacial score (nSPS) is 28.2. The van der Waals surface area contributed by atoms with E-state index in [1.165, 1.54) is 5.57 Å². The average Bonchev–Trinajstić information content (AvgIpc) is 2.33. The number of nitrogens with one attached hydrogen (secondary N) is 2. The molecule has 0 aromatic rings. The van der Waals surface area contributed by atoms with Gasteiger partial charge in [-0.05, 0) is 22.0 Å². The quantitative estimate of drug-likeness (QED) is 0.661. The zero-order chi connectivity index (χ0) is 7.84. The van der Waals surface area contributed by atoms with Gasteiger partial charge >= 0.3 is 0 Å². The van der Waals surface area contributed by atoms with E-state index in [-0.39, 0.29) is 0 Å². The number of allylic oxidation sites excluding steroid dienone is 2. The van der Waals surface area contributed by atoms with Crippen LogP contribution in [0.3, 0.4) is 0 Å². The van der Waals surface area contributed by atoms with E-state index in [0.717, 1.165) is 9.09 Å². The first-order valence-corrected chi connectivity index (χ1v) is 4.82. The van der Waals surface area contributed by atoms with Crippen molar-refractivity contribution >= 4 is 31.9 Å². The lowest BCUT2D eigenvalue weighted by Gasteiger charge is -2.10. The molecule has 0 saturated carbocycles. The van der Waals surface area contributed by atoms with E-state index in [1.807, 2.05) is 6.08 Å². The largest absolute Gasteiger partial charge is 0.314 e. The Bertz CT molecular complexity index is 278. The van der Waals surface area contributed by atoms with Crippen LogP contribution < -0.4 is 10.9 Å². The summed E-state index contributed by atoms with van der Waals surface area (Å²) in [5.41, 5.74) is 7.35. The Morgan fingerprint density at radius 2 is 2.18 bits per heavy atom. The maximum absolute atomic E-state index is 3.42. The lowest BCUT2D eigenvalue weighted by Crippen LogP contribution is -2.31. The maximum atomic E-state index is 3.42. The summed E-state index contributed by atoms with van der Waals surface area (Å²) in [6, 6.07) is 0.311. The van der Waals surface area contributed by atoms with E-state index in [0.29, 0.717) is 6.04 Å². The van der Waals surface area contributed by atoms with Crippen LogP contribution >= 0.6 is 31.9 Å². The molecule has 2 nitrogen and oxygen atoms in total. The lowest BCUT2D eigenvalue weighted by atomic mass is 10.1. The highest BCUT2D eigenvalue weighted by Crippen LogP contribution is 2.27. The Kier molecular flexibility index (Phi) is 1.91. The molecule has 0 aromatic carbocycles. The van der Waals surface area contributed by atoms with E-state index >= 15 is 0 Å². The van der Waals surface area contributed by atoms with Crippen molar-refractivity contribution < 1.29 is 0 Å². The van der Waals surface area contributed by atoms with Crippen LogP contribution in [0, 0.1) is 0 Å². The second-order valence-electron chi connectivity index (χ2n) is 2.40. The maximum Gasteiger partial charge on any atom is 0.0975 e. The molecule has 0 saturated heterocycles. The molecule has 0 aromatic heterocycles. The van der Waals surface area contributed by atoms with Crippen LogP contribution in [0.1, 0.15) is 0 Å². The molecular formula is C7H6Br2N2. The summed E-state index contributed by atoms with van der Waals surface area (Å²) in [4.78, 5) is 0. The van der Waals surface area contributed by atoms with Gasteiger partial charge in [0.25, 0.3) is 0 Å². The summed E-state index contributed by atoms with van der Waals surface area (Å²) >= 11 is 6.83. The van der Waals surface area contributed by atoms with Gasteiger partial charge in [-0.15, -0.1) is 0 Å². The molecule has 11 heavy (non-hydrogen) atoms. The predicted octanol–water partition coefficient (Wildman–Crippen LogP) is 1.92. The Labute approximate surface area is 81.7 Å². The molecule has 0 bridgehead atoms. The summed E-state index contributed by atoms with van der Waals surface area (Å²) in [6.07, 6.45) is 6.22. The molecule has 2 aliphatic rings. The molecule has 1 atom stereocenters. The van der Waals surface area contributed by atoms with Gasteiger partial charge in [0.05, 0.1) is 10.6 Å². The molecule has 2 N–H and O–H groups in total. The van der Waals surface area contributed by atoms with Gasteiger partial charge in [-0.1, -0.05) is 28.1 Å². The summed E-state index contributed by atoms with van der Waals surface area (Å²) < 4.78 is 2.12. The van der Waals surface area contributed by atoms with Crippen LogP contribution in [-0.2, 0) is 0 Å². The Hall–Kier alpha value is -0.0600. The summed E-state index contributed by atoms with van der Waals surface area (Å²) in [5, 5.41) is 0. The second-order valence-corrected chi connectivity index (χ2v) is 4.11. The van der Waals surface area contributed by atoms with Crippen LogP contribution in [0.4, 0.5) is 0 Å². The molecule has 2 rings (SSSR count). The van der Waals surface area contributed by atoms with Gasteiger partial charge in [-0.3, -0.25) is 0 Å². The number of hydrazine groups is 1. The highest BCUT2D eigenvalue weighted by molar-refractivity contribution is 9.12. The van der Waals surface area contributed by atoms with E-state index < -0.39 is 0 Å². The fraction of sp³-hybridized carbons (Fsp3) is 0.143. The number of fused-ring (bicyclic) bond motifs is 1. The molecule has 4 heteroatoms. The SMILES string of the molecule is BrC1=CC2=C(Br)NNC2C=C1. The van der Waals surface area contributed by atoms with Gasteiger partial charge in [0.1, 0.15) is 0 Å². The Morgan fingerprint density at radius 1 is 1.36 bits per heavy atom. The smallest absolute Gasteiger partial charge is 0.0975 e. The van der Waals surface area contributed by atoms with Gasteiger partial charge < -0.3 is 5.43 Å². The molecule has 58 valence electrons. The molecule has 1 heterocycles. The van der Waals surface area contributed by atoms with E-state index in [4.69, 9.17) is 0 Å². The summed E-state index contributed by atoms with van der Waals surface area (Å²) in [7, 11) is 0. The van der Waals surface area contributed by atoms with Crippen LogP contribution in [-0.4, -0.2) is 6.04 Å². The molecular weight excluding hydrogens is 272 g/mol. The van der Waals surface area contributed by atoms with E-state index in [9.17, 15) is 0 Å². The van der Waals surface area contributed by atoms with Crippen molar-refractivity contribution in [3.63, 3.8) is 0 Å². The van der Waals surface area contributed by atoms with Crippen LogP contribution in [0.2, 0.25) is 0 Å². The first kappa shape index (κ1) is 7.58. The van der Waals surface area contributed by atoms with Gasteiger partial charge in [-0.2, -0.15) is 0 Å². The van der Waals surface area contributed by atoms with Crippen LogP contribution in [0.15, 0.2) is 32.9 Å². The van der Waals surface area contributed by atoms with Crippen molar-refractivity contribution in [1.29, 1.82) is 0 Å². The number of rotatable bonds is 0. The molecule has 1 unspecified atom stereocenters. The zero-order valence-corrected chi connectivity index (χ0v) is 8.74. The minimum atomic E-state index is 0.311. The predicted molar refractivity (Wildman–Crippen MR) is 52.2 cm³/mol. The lowest BCUT2D eigenvalue weighted by molar-refractivity contribution is 0.647. The van der Waals surface area contributed by atoms with Gasteiger partial charge in [-0.25, -0.2) is 5.43 Å². The highest BCUT2D eigenvalue weighted by atomic mass is 79.9. The summed E-state index contributed by atoms with van der Waals surface area (Å²) in [5.74, 6) is 0. The van der Waals surface area contributed by atoms with Crippen LogP contribution in [0.5, 0.6) is 0 Å². The topological polar surface area (TPSA) is 24.1 Å². The standard InChI is InChI=1S/C7H6Br2N2/c8-4-1-2-6-5(3-4)7(9)11-10-6/h1-3,6,10-11H. The van der Waals surface area contributed by atoms with Crippen molar-refractivity contribution in [3.05, 3.63) is 32.9 Å². The van der Waals surface area contributed by atoms with Crippen molar-refractivity contribution in [1.82, 2.24) is 10.9 Å². The fourth-order valence-electron chi connectivity index (χ4n) is 1.12. The molecule has 0 amide bonds. The second kappa shape index (κ2) is 2.77. The van der Waals surface area contributed by atoms with Crippen molar-refractivity contribution in [2.24, 2.45) is 0 Å². The third-order valence-electron chi connectivity index (χ3n) is 1.67. The first-order valence-electron chi connectivity index (χ1n) is 3.24. The molecule has 1 aliphatic heterocycles. The number of hydrogen-bond donors (Lipinski definition) is 2. The average molecular weight is 278 g/mol. The number of halogens is 2. The van der Waals surface area contributed by atoms with Crippen molar-refractivity contribution in [2.45, 2.75) is 6.04 Å². The molecule has 1 aliphatic carbocycles. The fourth-order valence-corrected chi connectivity index (χ4v) is 1.99. The minimum absolute atomic E-state index is 0.311. The molecule has 0 spiro atoms. The zero-order valence-electron chi connectivity index (χ0n) is 5.57. The van der Waals surface area contributed by atoms with Crippen molar-refractivity contribution in [3.8, 4) is 0 Å². The Balaban J connectivity index is 2.40. The molecule has 0 fully saturated rings. The van der Waals surface area contributed by atoms with Crippen LogP contribution in [0.25, 0.3) is 0 Å². The van der Waals surface area contributed by atoms with E-state index in [1.54, 1.807) is 0 Å². The minimum Gasteiger partial charge on any atom is -0.314 e.